The zero-order valence-corrected chi connectivity index (χ0v) is 19.7. The number of hydrogen-bond acceptors (Lipinski definition) is 3. The molecule has 0 amide bonds. The summed E-state index contributed by atoms with van der Waals surface area (Å²) in [7, 11) is 0. The van der Waals surface area contributed by atoms with Crippen LogP contribution >= 0.6 is 15.9 Å². The lowest BCUT2D eigenvalue weighted by Crippen LogP contribution is -2.63. The SMILES string of the molecule is CCOc1cc(CNC23CC4CC(C)(CC(C)(C4)C2)C3)c(Br)cc1OC(C)C. The van der Waals surface area contributed by atoms with Crippen molar-refractivity contribution in [3.63, 3.8) is 0 Å². The van der Waals surface area contributed by atoms with Crippen LogP contribution in [0.2, 0.25) is 0 Å². The van der Waals surface area contributed by atoms with E-state index < -0.39 is 0 Å². The first kappa shape index (κ1) is 20.5. The molecular formula is C24H36BrNO2. The molecule has 0 radical (unpaired) electrons. The highest BCUT2D eigenvalue weighted by Crippen LogP contribution is 2.66. The summed E-state index contributed by atoms with van der Waals surface area (Å²) in [6.07, 6.45) is 8.43. The van der Waals surface area contributed by atoms with Gasteiger partial charge in [-0.25, -0.2) is 0 Å². The van der Waals surface area contributed by atoms with Crippen molar-refractivity contribution in [3.05, 3.63) is 22.2 Å². The molecule has 156 valence electrons. The molecule has 3 nitrogen and oxygen atoms in total. The minimum atomic E-state index is 0.128. The molecule has 1 N–H and O–H groups in total. The van der Waals surface area contributed by atoms with Crippen LogP contribution in [0.15, 0.2) is 16.6 Å². The summed E-state index contributed by atoms with van der Waals surface area (Å²) >= 11 is 3.78. The highest BCUT2D eigenvalue weighted by Gasteiger charge is 2.59. The molecule has 28 heavy (non-hydrogen) atoms. The van der Waals surface area contributed by atoms with Crippen molar-refractivity contribution in [2.75, 3.05) is 6.61 Å². The molecule has 2 atom stereocenters. The molecule has 0 heterocycles. The van der Waals surface area contributed by atoms with Gasteiger partial charge in [0.1, 0.15) is 0 Å². The Labute approximate surface area is 179 Å². The molecule has 1 aromatic rings. The van der Waals surface area contributed by atoms with E-state index in [2.05, 4.69) is 47.2 Å². The maximum atomic E-state index is 5.96. The standard InChI is InChI=1S/C24H36BrNO2/c1-6-27-20-7-18(19(25)8-21(20)28-16(2)3)12-26-24-11-17-9-22(4,14-24)13-23(5,10-17)15-24/h7-8,16-17,26H,6,9-15H2,1-5H3. The van der Waals surface area contributed by atoms with Crippen LogP contribution in [0.5, 0.6) is 11.5 Å². The number of hydrogen-bond donors (Lipinski definition) is 1. The number of benzene rings is 1. The van der Waals surface area contributed by atoms with E-state index in [4.69, 9.17) is 9.47 Å². The van der Waals surface area contributed by atoms with E-state index >= 15 is 0 Å². The third-order valence-corrected chi connectivity index (χ3v) is 7.79. The molecule has 4 aliphatic rings. The highest BCUT2D eigenvalue weighted by molar-refractivity contribution is 9.10. The Bertz CT molecular complexity index is 728. The van der Waals surface area contributed by atoms with Gasteiger partial charge in [0.15, 0.2) is 11.5 Å². The van der Waals surface area contributed by atoms with Gasteiger partial charge in [0.25, 0.3) is 0 Å². The molecule has 0 aromatic heterocycles. The van der Waals surface area contributed by atoms with Gasteiger partial charge in [0.05, 0.1) is 12.7 Å². The summed E-state index contributed by atoms with van der Waals surface area (Å²) in [5.41, 5.74) is 2.63. The second-order valence-corrected chi connectivity index (χ2v) is 11.6. The first-order valence-corrected chi connectivity index (χ1v) is 11.8. The molecule has 0 spiro atoms. The van der Waals surface area contributed by atoms with Crippen LogP contribution in [0.4, 0.5) is 0 Å². The van der Waals surface area contributed by atoms with Gasteiger partial charge in [-0.3, -0.25) is 0 Å². The van der Waals surface area contributed by atoms with Crippen molar-refractivity contribution in [1.82, 2.24) is 5.32 Å². The van der Waals surface area contributed by atoms with Gasteiger partial charge in [-0.05, 0) is 93.7 Å². The molecule has 0 saturated heterocycles. The molecule has 4 heteroatoms. The van der Waals surface area contributed by atoms with Gasteiger partial charge in [-0.15, -0.1) is 0 Å². The topological polar surface area (TPSA) is 30.5 Å². The Hall–Kier alpha value is -0.740. The lowest BCUT2D eigenvalue weighted by Gasteiger charge is -2.65. The maximum absolute atomic E-state index is 5.96. The summed E-state index contributed by atoms with van der Waals surface area (Å²) in [5, 5.41) is 4.04. The smallest absolute Gasteiger partial charge is 0.162 e. The zero-order chi connectivity index (χ0) is 20.2. The second kappa shape index (κ2) is 7.19. The normalized spacial score (nSPS) is 36.2. The van der Waals surface area contributed by atoms with Crippen LogP contribution in [-0.2, 0) is 6.54 Å². The Morgan fingerprint density at radius 1 is 1.07 bits per heavy atom. The summed E-state index contributed by atoms with van der Waals surface area (Å²) in [6, 6.07) is 4.23. The minimum absolute atomic E-state index is 0.128. The monoisotopic (exact) mass is 449 g/mol. The van der Waals surface area contributed by atoms with E-state index in [1.807, 2.05) is 20.8 Å². The fraction of sp³-hybridized carbons (Fsp3) is 0.750. The van der Waals surface area contributed by atoms with E-state index in [0.717, 1.165) is 28.4 Å². The van der Waals surface area contributed by atoms with E-state index in [1.165, 1.54) is 44.1 Å². The van der Waals surface area contributed by atoms with Crippen LogP contribution in [-0.4, -0.2) is 18.2 Å². The lowest BCUT2D eigenvalue weighted by molar-refractivity contribution is -0.118. The molecule has 1 aromatic carbocycles. The Balaban J connectivity index is 1.54. The zero-order valence-electron chi connectivity index (χ0n) is 18.2. The van der Waals surface area contributed by atoms with Gasteiger partial charge >= 0.3 is 0 Å². The predicted molar refractivity (Wildman–Crippen MR) is 118 cm³/mol. The molecular weight excluding hydrogens is 414 g/mol. The van der Waals surface area contributed by atoms with Gasteiger partial charge in [-0.2, -0.15) is 0 Å². The van der Waals surface area contributed by atoms with E-state index in [9.17, 15) is 0 Å². The highest BCUT2D eigenvalue weighted by atomic mass is 79.9. The summed E-state index contributed by atoms with van der Waals surface area (Å²) in [4.78, 5) is 0. The first-order valence-electron chi connectivity index (χ1n) is 11.0. The Morgan fingerprint density at radius 2 is 1.75 bits per heavy atom. The van der Waals surface area contributed by atoms with Crippen molar-refractivity contribution in [2.24, 2.45) is 16.7 Å². The number of rotatable bonds is 7. The number of nitrogens with one attached hydrogen (secondary N) is 1. The molecule has 4 fully saturated rings. The van der Waals surface area contributed by atoms with Crippen molar-refractivity contribution < 1.29 is 9.47 Å². The van der Waals surface area contributed by atoms with Crippen LogP contribution < -0.4 is 14.8 Å². The van der Waals surface area contributed by atoms with Crippen LogP contribution in [0.25, 0.3) is 0 Å². The maximum Gasteiger partial charge on any atom is 0.162 e. The molecule has 4 bridgehead atoms. The second-order valence-electron chi connectivity index (χ2n) is 10.8. The van der Waals surface area contributed by atoms with Crippen molar-refractivity contribution in [2.45, 2.75) is 91.3 Å². The molecule has 0 aliphatic heterocycles. The molecule has 5 rings (SSSR count). The van der Waals surface area contributed by atoms with E-state index in [0.29, 0.717) is 23.0 Å². The summed E-state index contributed by atoms with van der Waals surface area (Å²) in [6.45, 7) is 12.7. The van der Waals surface area contributed by atoms with Gasteiger partial charge in [0.2, 0.25) is 0 Å². The van der Waals surface area contributed by atoms with Crippen LogP contribution in [0, 0.1) is 16.7 Å². The Kier molecular flexibility index (Phi) is 5.27. The van der Waals surface area contributed by atoms with E-state index in [1.54, 1.807) is 0 Å². The minimum Gasteiger partial charge on any atom is -0.490 e. The molecule has 2 unspecified atom stereocenters. The molecule has 4 saturated carbocycles. The van der Waals surface area contributed by atoms with Crippen LogP contribution in [0.3, 0.4) is 0 Å². The average Bonchev–Trinajstić information content (AvgIpc) is 2.52. The number of ether oxygens (including phenoxy) is 2. The number of halogens is 1. The van der Waals surface area contributed by atoms with Crippen LogP contribution in [0.1, 0.15) is 78.7 Å². The largest absolute Gasteiger partial charge is 0.490 e. The van der Waals surface area contributed by atoms with Gasteiger partial charge < -0.3 is 14.8 Å². The summed E-state index contributed by atoms with van der Waals surface area (Å²) < 4.78 is 12.9. The summed E-state index contributed by atoms with van der Waals surface area (Å²) in [5.74, 6) is 2.57. The van der Waals surface area contributed by atoms with Gasteiger partial charge in [-0.1, -0.05) is 29.8 Å². The van der Waals surface area contributed by atoms with E-state index in [-0.39, 0.29) is 6.10 Å². The third kappa shape index (κ3) is 3.96. The predicted octanol–water partition coefficient (Wildman–Crippen LogP) is 6.47. The third-order valence-electron chi connectivity index (χ3n) is 7.06. The van der Waals surface area contributed by atoms with Crippen molar-refractivity contribution in [3.8, 4) is 11.5 Å². The fourth-order valence-electron chi connectivity index (χ4n) is 7.25. The average molecular weight is 450 g/mol. The van der Waals surface area contributed by atoms with Gasteiger partial charge in [0, 0.05) is 16.6 Å². The fourth-order valence-corrected chi connectivity index (χ4v) is 7.72. The Morgan fingerprint density at radius 3 is 2.32 bits per heavy atom. The quantitative estimate of drug-likeness (QED) is 0.516. The van der Waals surface area contributed by atoms with Crippen molar-refractivity contribution >= 4 is 15.9 Å². The van der Waals surface area contributed by atoms with Crippen molar-refractivity contribution in [1.29, 1.82) is 0 Å². The molecule has 4 aliphatic carbocycles. The first-order chi connectivity index (χ1) is 13.1. The lowest BCUT2D eigenvalue weighted by atomic mass is 9.43.